The van der Waals surface area contributed by atoms with E-state index in [0.717, 1.165) is 33.6 Å². The van der Waals surface area contributed by atoms with Gasteiger partial charge in [-0.3, -0.25) is 0 Å². The first-order valence-corrected chi connectivity index (χ1v) is 10.4. The molecule has 0 saturated heterocycles. The maximum atomic E-state index is 9.73. The first-order valence-electron chi connectivity index (χ1n) is 10.4. The minimum absolute atomic E-state index is 0.625. The number of aromatic nitrogens is 2. The Bertz CT molecular complexity index is 1340. The van der Waals surface area contributed by atoms with Crippen molar-refractivity contribution in [3.05, 3.63) is 107 Å². The minimum atomic E-state index is 0.625. The summed E-state index contributed by atoms with van der Waals surface area (Å²) in [6.07, 6.45) is 3.66. The third kappa shape index (κ3) is 4.38. The molecule has 0 bridgehead atoms. The number of benzene rings is 3. The predicted octanol–water partition coefficient (Wildman–Crippen LogP) is 5.35. The van der Waals surface area contributed by atoms with E-state index in [-0.39, 0.29) is 0 Å². The zero-order chi connectivity index (χ0) is 22.5. The second-order valence-electron chi connectivity index (χ2n) is 7.82. The topological polar surface area (TPSA) is 68.6 Å². The van der Waals surface area contributed by atoms with Gasteiger partial charge in [-0.25, -0.2) is 4.98 Å². The fourth-order valence-corrected chi connectivity index (χ4v) is 3.85. The minimum Gasteiger partial charge on any atom is -0.361 e. The second kappa shape index (κ2) is 9.20. The highest BCUT2D eigenvalue weighted by Gasteiger charge is 2.15. The van der Waals surface area contributed by atoms with Crippen molar-refractivity contribution in [2.45, 2.75) is 20.0 Å². The summed E-state index contributed by atoms with van der Waals surface area (Å²) in [4.78, 5) is 6.50. The van der Waals surface area contributed by atoms with Crippen LogP contribution in [0.2, 0.25) is 0 Å². The summed E-state index contributed by atoms with van der Waals surface area (Å²) in [5.74, 6) is 0. The number of anilines is 1. The molecule has 4 rings (SSSR count). The quantitative estimate of drug-likeness (QED) is 0.424. The summed E-state index contributed by atoms with van der Waals surface area (Å²) in [6.45, 7) is 3.33. The molecule has 5 heteroatoms. The van der Waals surface area contributed by atoms with Crippen molar-refractivity contribution < 1.29 is 0 Å². The molecule has 32 heavy (non-hydrogen) atoms. The zero-order valence-corrected chi connectivity index (χ0v) is 18.2. The largest absolute Gasteiger partial charge is 0.361 e. The van der Waals surface area contributed by atoms with Gasteiger partial charge in [0.05, 0.1) is 41.8 Å². The lowest BCUT2D eigenvalue weighted by Crippen LogP contribution is -2.23. The molecule has 0 radical (unpaired) electrons. The van der Waals surface area contributed by atoms with Crippen LogP contribution in [0, 0.1) is 29.6 Å². The summed E-state index contributed by atoms with van der Waals surface area (Å²) in [6, 6.07) is 26.3. The fourth-order valence-electron chi connectivity index (χ4n) is 3.85. The molecular weight excluding hydrogens is 394 g/mol. The van der Waals surface area contributed by atoms with E-state index in [1.54, 1.807) is 6.33 Å². The van der Waals surface area contributed by atoms with Crippen LogP contribution in [-0.4, -0.2) is 9.55 Å². The summed E-state index contributed by atoms with van der Waals surface area (Å²) in [5.41, 5.74) is 7.52. The van der Waals surface area contributed by atoms with E-state index in [1.807, 2.05) is 66.3 Å². The summed E-state index contributed by atoms with van der Waals surface area (Å²) in [5, 5.41) is 19.0. The molecule has 0 saturated carbocycles. The first-order chi connectivity index (χ1) is 15.6. The van der Waals surface area contributed by atoms with Gasteiger partial charge in [-0.05, 0) is 53.9 Å². The molecule has 1 aromatic heterocycles. The molecule has 0 aliphatic carbocycles. The molecule has 0 aliphatic heterocycles. The summed E-state index contributed by atoms with van der Waals surface area (Å²) >= 11 is 0. The van der Waals surface area contributed by atoms with Gasteiger partial charge in [0.2, 0.25) is 0 Å². The number of hydrogen-bond donors (Lipinski definition) is 0. The number of imidazole rings is 1. The molecule has 0 amide bonds. The maximum Gasteiger partial charge on any atom is 0.0998 e. The number of hydrogen-bond acceptors (Lipinski definition) is 4. The zero-order valence-electron chi connectivity index (χ0n) is 18.2. The molecule has 4 aromatic rings. The lowest BCUT2D eigenvalue weighted by Gasteiger charge is -2.26. The van der Waals surface area contributed by atoms with E-state index in [0.29, 0.717) is 24.2 Å². The van der Waals surface area contributed by atoms with Crippen molar-refractivity contribution in [3.8, 4) is 23.3 Å². The Balaban J connectivity index is 1.79. The molecule has 0 unspecified atom stereocenters. The van der Waals surface area contributed by atoms with Gasteiger partial charge in [0, 0.05) is 31.0 Å². The monoisotopic (exact) mass is 417 g/mol. The molecule has 0 fully saturated rings. The van der Waals surface area contributed by atoms with E-state index < -0.39 is 0 Å². The smallest absolute Gasteiger partial charge is 0.0998 e. The van der Waals surface area contributed by atoms with Crippen molar-refractivity contribution >= 4 is 5.69 Å². The predicted molar refractivity (Wildman–Crippen MR) is 126 cm³/mol. The van der Waals surface area contributed by atoms with Crippen LogP contribution in [0.15, 0.2) is 79.3 Å². The SMILES string of the molecule is Cc1ccccc1-c1cc(N(Cc2cccc(C#N)c2)Cc2cncn2C)ccc1C#N. The normalized spacial score (nSPS) is 10.4. The maximum absolute atomic E-state index is 9.73. The highest BCUT2D eigenvalue weighted by atomic mass is 15.2. The van der Waals surface area contributed by atoms with Crippen molar-refractivity contribution in [3.63, 3.8) is 0 Å². The highest BCUT2D eigenvalue weighted by Crippen LogP contribution is 2.32. The van der Waals surface area contributed by atoms with E-state index >= 15 is 0 Å². The Kier molecular flexibility index (Phi) is 6.01. The average Bonchev–Trinajstić information content (AvgIpc) is 3.23. The van der Waals surface area contributed by atoms with Crippen LogP contribution in [0.3, 0.4) is 0 Å². The number of nitriles is 2. The molecule has 0 atom stereocenters. The van der Waals surface area contributed by atoms with Crippen molar-refractivity contribution in [1.82, 2.24) is 9.55 Å². The molecule has 1 heterocycles. The van der Waals surface area contributed by atoms with Crippen LogP contribution in [0.25, 0.3) is 11.1 Å². The van der Waals surface area contributed by atoms with Crippen LogP contribution < -0.4 is 4.90 Å². The molecule has 3 aromatic carbocycles. The van der Waals surface area contributed by atoms with Crippen LogP contribution in [0.5, 0.6) is 0 Å². The Morgan fingerprint density at radius 3 is 2.47 bits per heavy atom. The average molecular weight is 418 g/mol. The van der Waals surface area contributed by atoms with Crippen LogP contribution in [0.1, 0.15) is 27.9 Å². The van der Waals surface area contributed by atoms with Gasteiger partial charge in [0.25, 0.3) is 0 Å². The molecule has 0 spiro atoms. The van der Waals surface area contributed by atoms with Crippen LogP contribution >= 0.6 is 0 Å². The van der Waals surface area contributed by atoms with E-state index in [9.17, 15) is 10.5 Å². The lowest BCUT2D eigenvalue weighted by molar-refractivity contribution is 0.736. The van der Waals surface area contributed by atoms with Gasteiger partial charge < -0.3 is 9.47 Å². The van der Waals surface area contributed by atoms with Gasteiger partial charge in [-0.2, -0.15) is 10.5 Å². The second-order valence-corrected chi connectivity index (χ2v) is 7.82. The van der Waals surface area contributed by atoms with Crippen molar-refractivity contribution in [1.29, 1.82) is 10.5 Å². The van der Waals surface area contributed by atoms with E-state index in [1.165, 1.54) is 0 Å². The van der Waals surface area contributed by atoms with E-state index in [4.69, 9.17) is 0 Å². The molecule has 5 nitrogen and oxygen atoms in total. The van der Waals surface area contributed by atoms with Gasteiger partial charge >= 0.3 is 0 Å². The molecular formula is C27H23N5. The van der Waals surface area contributed by atoms with Crippen molar-refractivity contribution in [2.75, 3.05) is 4.90 Å². The number of aryl methyl sites for hydroxylation is 2. The third-order valence-electron chi connectivity index (χ3n) is 5.62. The Labute approximate surface area is 188 Å². The Morgan fingerprint density at radius 2 is 1.75 bits per heavy atom. The fraction of sp³-hybridized carbons (Fsp3) is 0.148. The lowest BCUT2D eigenvalue weighted by atomic mass is 9.95. The Morgan fingerprint density at radius 1 is 0.906 bits per heavy atom. The van der Waals surface area contributed by atoms with Gasteiger partial charge in [-0.1, -0.05) is 36.4 Å². The van der Waals surface area contributed by atoms with Crippen molar-refractivity contribution in [2.24, 2.45) is 7.05 Å². The first kappa shape index (κ1) is 20.9. The molecule has 156 valence electrons. The van der Waals surface area contributed by atoms with Gasteiger partial charge in [0.15, 0.2) is 0 Å². The van der Waals surface area contributed by atoms with Gasteiger partial charge in [-0.15, -0.1) is 0 Å². The van der Waals surface area contributed by atoms with E-state index in [2.05, 4.69) is 47.1 Å². The third-order valence-corrected chi connectivity index (χ3v) is 5.62. The summed E-state index contributed by atoms with van der Waals surface area (Å²) in [7, 11) is 1.98. The van der Waals surface area contributed by atoms with Crippen LogP contribution in [0.4, 0.5) is 5.69 Å². The highest BCUT2D eigenvalue weighted by molar-refractivity contribution is 5.77. The standard InChI is InChI=1S/C27H23N5/c1-20-6-3-4-9-26(20)27-13-24(11-10-23(27)15-29)32(18-25-16-30-19-31(25)2)17-22-8-5-7-21(12-22)14-28/h3-13,16,19H,17-18H2,1-2H3. The Hall–Kier alpha value is -4.35. The molecule has 0 aliphatic rings. The molecule has 0 N–H and O–H groups in total. The number of rotatable bonds is 6. The van der Waals surface area contributed by atoms with Crippen LogP contribution in [-0.2, 0) is 20.1 Å². The number of nitrogens with zero attached hydrogens (tertiary/aromatic N) is 5. The summed E-state index contributed by atoms with van der Waals surface area (Å²) < 4.78 is 2.00. The van der Waals surface area contributed by atoms with Gasteiger partial charge in [0.1, 0.15) is 0 Å².